The van der Waals surface area contributed by atoms with Gasteiger partial charge in [0.25, 0.3) is 0 Å². The molecule has 0 aromatic carbocycles. The largest absolute Gasteiger partial charge is 0.300 e. The van der Waals surface area contributed by atoms with Crippen molar-refractivity contribution in [3.63, 3.8) is 0 Å². The van der Waals surface area contributed by atoms with E-state index < -0.39 is 0 Å². The van der Waals surface area contributed by atoms with E-state index in [1.165, 1.54) is 28.2 Å². The van der Waals surface area contributed by atoms with Crippen LogP contribution in [0.15, 0.2) is 30.5 Å². The Kier molecular flexibility index (Phi) is 3.20. The highest BCUT2D eigenvalue weighted by molar-refractivity contribution is 5.27. The van der Waals surface area contributed by atoms with Gasteiger partial charge >= 0.3 is 0 Å². The van der Waals surface area contributed by atoms with E-state index in [2.05, 4.69) is 40.0 Å². The van der Waals surface area contributed by atoms with Crippen molar-refractivity contribution in [2.75, 3.05) is 13.6 Å². The molecule has 0 unspecified atom stereocenters. The van der Waals surface area contributed by atoms with Crippen LogP contribution in [0.4, 0.5) is 0 Å². The topological polar surface area (TPSA) is 32.3 Å². The summed E-state index contributed by atoms with van der Waals surface area (Å²) in [5.74, 6) is 0. The van der Waals surface area contributed by atoms with Gasteiger partial charge in [-0.1, -0.05) is 12.1 Å². The van der Waals surface area contributed by atoms with Crippen LogP contribution in [0.5, 0.6) is 0 Å². The molecule has 0 atom stereocenters. The van der Waals surface area contributed by atoms with Crippen LogP contribution in [0.1, 0.15) is 28.2 Å². The van der Waals surface area contributed by atoms with E-state index in [0.29, 0.717) is 0 Å². The molecule has 0 amide bonds. The number of rotatable bonds is 2. The molecule has 21 heavy (non-hydrogen) atoms. The second kappa shape index (κ2) is 5.20. The maximum absolute atomic E-state index is 4.89. The fourth-order valence-electron chi connectivity index (χ4n) is 3.28. The Morgan fingerprint density at radius 3 is 2.90 bits per heavy atom. The number of aromatic nitrogens is 2. The minimum Gasteiger partial charge on any atom is -0.300 e. The molecule has 2 aromatic rings. The van der Waals surface area contributed by atoms with Gasteiger partial charge < -0.3 is 4.90 Å². The van der Waals surface area contributed by atoms with Crippen LogP contribution >= 0.6 is 0 Å². The van der Waals surface area contributed by atoms with Crippen LogP contribution in [0, 0.1) is 0 Å². The molecule has 0 saturated heterocycles. The van der Waals surface area contributed by atoms with Gasteiger partial charge in [-0.25, -0.2) is 0 Å². The normalized spacial score (nSPS) is 18.5. The van der Waals surface area contributed by atoms with E-state index in [-0.39, 0.29) is 0 Å². The van der Waals surface area contributed by atoms with Crippen molar-refractivity contribution in [2.24, 2.45) is 0 Å². The summed E-state index contributed by atoms with van der Waals surface area (Å²) in [4.78, 5) is 14.1. The van der Waals surface area contributed by atoms with Gasteiger partial charge in [0.05, 0.1) is 17.1 Å². The third-order valence-electron chi connectivity index (χ3n) is 4.45. The van der Waals surface area contributed by atoms with Crippen LogP contribution in [0.2, 0.25) is 0 Å². The molecule has 2 aliphatic heterocycles. The van der Waals surface area contributed by atoms with Gasteiger partial charge in [0.1, 0.15) is 0 Å². The van der Waals surface area contributed by atoms with Crippen molar-refractivity contribution in [1.29, 1.82) is 0 Å². The highest BCUT2D eigenvalue weighted by Gasteiger charge is 2.21. The molecule has 4 rings (SSSR count). The fourth-order valence-corrected chi connectivity index (χ4v) is 3.28. The Hall–Kier alpha value is -1.78. The van der Waals surface area contributed by atoms with Crippen molar-refractivity contribution >= 4 is 0 Å². The zero-order valence-electron chi connectivity index (χ0n) is 12.4. The summed E-state index contributed by atoms with van der Waals surface area (Å²) in [6, 6.07) is 8.67. The third kappa shape index (κ3) is 2.57. The van der Waals surface area contributed by atoms with Gasteiger partial charge in [-0.05, 0) is 36.7 Å². The predicted molar refractivity (Wildman–Crippen MR) is 81.5 cm³/mol. The molecule has 0 N–H and O–H groups in total. The lowest BCUT2D eigenvalue weighted by atomic mass is 10.0. The van der Waals surface area contributed by atoms with Gasteiger partial charge in [-0.2, -0.15) is 0 Å². The molecular weight excluding hydrogens is 260 g/mol. The average Bonchev–Trinajstić information content (AvgIpc) is 2.89. The molecule has 4 heterocycles. The summed E-state index contributed by atoms with van der Waals surface area (Å²) in [7, 11) is 2.17. The van der Waals surface area contributed by atoms with E-state index in [1.54, 1.807) is 0 Å². The standard InChI is InChI=1S/C17H20N4/c1-20-8-6-13-4-5-15(19-17(13)11-20)10-21-9-14-3-2-7-18-16(14)12-21/h2-5,7H,6,8-12H2,1H3. The number of likely N-dealkylation sites (N-methyl/N-ethyl adjacent to an activating group) is 1. The first-order chi connectivity index (χ1) is 10.3. The van der Waals surface area contributed by atoms with Gasteiger partial charge in [0.2, 0.25) is 0 Å². The summed E-state index contributed by atoms with van der Waals surface area (Å²) in [6.45, 7) is 4.95. The molecule has 2 aromatic heterocycles. The minimum absolute atomic E-state index is 0.910. The molecule has 108 valence electrons. The van der Waals surface area contributed by atoms with Crippen LogP contribution in [-0.2, 0) is 32.6 Å². The second-order valence-electron chi connectivity index (χ2n) is 6.15. The minimum atomic E-state index is 0.910. The smallest absolute Gasteiger partial charge is 0.0589 e. The summed E-state index contributed by atoms with van der Waals surface area (Å²) in [5.41, 5.74) is 6.43. The molecule has 2 aliphatic rings. The summed E-state index contributed by atoms with van der Waals surface area (Å²) >= 11 is 0. The maximum atomic E-state index is 4.89. The fraction of sp³-hybridized carbons (Fsp3) is 0.412. The summed E-state index contributed by atoms with van der Waals surface area (Å²) in [6.07, 6.45) is 3.01. The first-order valence-corrected chi connectivity index (χ1v) is 7.59. The molecule has 0 saturated carbocycles. The summed E-state index contributed by atoms with van der Waals surface area (Å²) in [5, 5.41) is 0. The van der Waals surface area contributed by atoms with Crippen LogP contribution in [0.25, 0.3) is 0 Å². The van der Waals surface area contributed by atoms with Crippen LogP contribution < -0.4 is 0 Å². The van der Waals surface area contributed by atoms with Crippen LogP contribution in [-0.4, -0.2) is 33.4 Å². The maximum Gasteiger partial charge on any atom is 0.0589 e. The highest BCUT2D eigenvalue weighted by atomic mass is 15.2. The first-order valence-electron chi connectivity index (χ1n) is 7.59. The third-order valence-corrected chi connectivity index (χ3v) is 4.45. The molecule has 4 nitrogen and oxygen atoms in total. The SMILES string of the molecule is CN1CCc2ccc(CN3Cc4cccnc4C3)nc2C1. The predicted octanol–water partition coefficient (Wildman–Crippen LogP) is 1.98. The molecule has 4 heteroatoms. The highest BCUT2D eigenvalue weighted by Crippen LogP contribution is 2.23. The number of nitrogens with zero attached hydrogens (tertiary/aromatic N) is 4. The lowest BCUT2D eigenvalue weighted by molar-refractivity contribution is 0.268. The van der Waals surface area contributed by atoms with Gasteiger partial charge in [-0.15, -0.1) is 0 Å². The average molecular weight is 280 g/mol. The Labute approximate surface area is 125 Å². The van der Waals surface area contributed by atoms with E-state index in [0.717, 1.165) is 39.1 Å². The van der Waals surface area contributed by atoms with E-state index in [1.807, 2.05) is 12.3 Å². The van der Waals surface area contributed by atoms with Gasteiger partial charge in [-0.3, -0.25) is 14.9 Å². The van der Waals surface area contributed by atoms with E-state index in [4.69, 9.17) is 4.98 Å². The Bertz CT molecular complexity index is 643. The zero-order valence-corrected chi connectivity index (χ0v) is 12.4. The monoisotopic (exact) mass is 280 g/mol. The first kappa shape index (κ1) is 12.9. The molecule has 0 spiro atoms. The zero-order chi connectivity index (χ0) is 14.2. The molecule has 0 radical (unpaired) electrons. The van der Waals surface area contributed by atoms with Crippen molar-refractivity contribution < 1.29 is 0 Å². The molecule has 0 bridgehead atoms. The number of hydrogen-bond acceptors (Lipinski definition) is 4. The second-order valence-corrected chi connectivity index (χ2v) is 6.15. The lowest BCUT2D eigenvalue weighted by Crippen LogP contribution is -2.28. The Morgan fingerprint density at radius 1 is 1.05 bits per heavy atom. The van der Waals surface area contributed by atoms with Crippen molar-refractivity contribution in [1.82, 2.24) is 19.8 Å². The van der Waals surface area contributed by atoms with Gasteiger partial charge in [0.15, 0.2) is 0 Å². The molecule has 0 aliphatic carbocycles. The van der Waals surface area contributed by atoms with E-state index in [9.17, 15) is 0 Å². The quantitative estimate of drug-likeness (QED) is 0.842. The van der Waals surface area contributed by atoms with Gasteiger partial charge in [0, 0.05) is 38.9 Å². The summed E-state index contributed by atoms with van der Waals surface area (Å²) < 4.78 is 0. The Balaban J connectivity index is 1.50. The van der Waals surface area contributed by atoms with Crippen LogP contribution in [0.3, 0.4) is 0 Å². The molecule has 0 fully saturated rings. The van der Waals surface area contributed by atoms with Crippen molar-refractivity contribution in [3.8, 4) is 0 Å². The lowest BCUT2D eigenvalue weighted by Gasteiger charge is -2.25. The van der Waals surface area contributed by atoms with Crippen molar-refractivity contribution in [3.05, 3.63) is 58.7 Å². The van der Waals surface area contributed by atoms with Crippen molar-refractivity contribution in [2.45, 2.75) is 32.6 Å². The number of fused-ring (bicyclic) bond motifs is 2. The molecular formula is C17H20N4. The Morgan fingerprint density at radius 2 is 2.00 bits per heavy atom. The number of hydrogen-bond donors (Lipinski definition) is 0. The number of pyridine rings is 2. The van der Waals surface area contributed by atoms with E-state index >= 15 is 0 Å².